The van der Waals surface area contributed by atoms with E-state index in [0.717, 1.165) is 29.7 Å². The molecule has 7 heteroatoms. The monoisotopic (exact) mass is 340 g/mol. The van der Waals surface area contributed by atoms with E-state index in [0.29, 0.717) is 18.0 Å². The molecule has 3 rings (SSSR count). The minimum absolute atomic E-state index is 0.0280. The summed E-state index contributed by atoms with van der Waals surface area (Å²) < 4.78 is 0. The van der Waals surface area contributed by atoms with Gasteiger partial charge in [0, 0.05) is 43.0 Å². The minimum atomic E-state index is -0.0280. The first-order chi connectivity index (χ1) is 12.0. The lowest BCUT2D eigenvalue weighted by Crippen LogP contribution is -2.42. The maximum Gasteiger partial charge on any atom is 0.317 e. The summed E-state index contributed by atoms with van der Waals surface area (Å²) in [6, 6.07) is 4.33. The van der Waals surface area contributed by atoms with Crippen molar-refractivity contribution >= 4 is 22.8 Å². The van der Waals surface area contributed by atoms with Crippen LogP contribution in [-0.2, 0) is 0 Å². The third kappa shape index (κ3) is 3.38. The fourth-order valence-corrected chi connectivity index (χ4v) is 3.39. The van der Waals surface area contributed by atoms with Gasteiger partial charge in [0.15, 0.2) is 0 Å². The molecule has 1 aliphatic rings. The van der Waals surface area contributed by atoms with Gasteiger partial charge in [-0.2, -0.15) is 5.26 Å². The van der Waals surface area contributed by atoms with Gasteiger partial charge in [-0.25, -0.2) is 9.78 Å². The zero-order valence-corrected chi connectivity index (χ0v) is 14.8. The van der Waals surface area contributed by atoms with Crippen LogP contribution < -0.4 is 10.6 Å². The van der Waals surface area contributed by atoms with Gasteiger partial charge in [0.1, 0.15) is 11.7 Å². The van der Waals surface area contributed by atoms with Crippen LogP contribution in [0.1, 0.15) is 32.8 Å². The van der Waals surface area contributed by atoms with Crippen LogP contribution in [0.3, 0.4) is 0 Å². The topological polar surface area (TPSA) is 96.8 Å². The average molecular weight is 340 g/mol. The lowest BCUT2D eigenvalue weighted by Gasteiger charge is -2.21. The summed E-state index contributed by atoms with van der Waals surface area (Å²) in [7, 11) is 0. The van der Waals surface area contributed by atoms with Crippen LogP contribution in [0.5, 0.6) is 0 Å². The van der Waals surface area contributed by atoms with Gasteiger partial charge < -0.3 is 20.5 Å². The Morgan fingerprint density at radius 2 is 2.32 bits per heavy atom. The van der Waals surface area contributed by atoms with Crippen LogP contribution >= 0.6 is 0 Å². The van der Waals surface area contributed by atoms with E-state index in [1.165, 1.54) is 0 Å². The Hall–Kier alpha value is -2.75. The molecule has 3 heterocycles. The Bertz CT molecular complexity index is 805. The maximum absolute atomic E-state index is 12.3. The molecule has 25 heavy (non-hydrogen) atoms. The number of H-pyrrole nitrogens is 1. The highest BCUT2D eigenvalue weighted by Gasteiger charge is 2.35. The number of amides is 2. The Labute approximate surface area is 147 Å². The van der Waals surface area contributed by atoms with Crippen molar-refractivity contribution in [3.8, 4) is 6.07 Å². The third-order valence-electron chi connectivity index (χ3n) is 4.70. The molecule has 0 aromatic carbocycles. The highest BCUT2D eigenvalue weighted by atomic mass is 16.2. The summed E-state index contributed by atoms with van der Waals surface area (Å²) in [5.41, 5.74) is 2.07. The molecule has 2 aromatic heterocycles. The smallest absolute Gasteiger partial charge is 0.317 e. The predicted molar refractivity (Wildman–Crippen MR) is 97.2 cm³/mol. The summed E-state index contributed by atoms with van der Waals surface area (Å²) in [6.45, 7) is 7.39. The quantitative estimate of drug-likeness (QED) is 0.797. The zero-order valence-electron chi connectivity index (χ0n) is 14.8. The fraction of sp³-hybridized carbons (Fsp3) is 0.500. The highest BCUT2D eigenvalue weighted by Crippen LogP contribution is 2.30. The molecule has 0 bridgehead atoms. The number of aromatic nitrogens is 2. The lowest BCUT2D eigenvalue weighted by atomic mass is 10.00. The van der Waals surface area contributed by atoms with Gasteiger partial charge in [-0.15, -0.1) is 0 Å². The Kier molecular flexibility index (Phi) is 4.79. The number of carbonyl (C=O) groups is 1. The number of pyridine rings is 1. The second-order valence-corrected chi connectivity index (χ2v) is 6.83. The Morgan fingerprint density at radius 3 is 3.00 bits per heavy atom. The van der Waals surface area contributed by atoms with Crippen molar-refractivity contribution in [1.29, 1.82) is 5.26 Å². The molecule has 1 saturated heterocycles. The van der Waals surface area contributed by atoms with Crippen molar-refractivity contribution in [2.24, 2.45) is 5.92 Å². The fourth-order valence-electron chi connectivity index (χ4n) is 3.39. The van der Waals surface area contributed by atoms with Gasteiger partial charge in [-0.3, -0.25) is 0 Å². The average Bonchev–Trinajstić information content (AvgIpc) is 3.21. The van der Waals surface area contributed by atoms with E-state index in [1.54, 1.807) is 6.20 Å². The molecule has 2 atom stereocenters. The van der Waals surface area contributed by atoms with Crippen molar-refractivity contribution in [2.75, 3.05) is 18.4 Å². The van der Waals surface area contributed by atoms with Gasteiger partial charge in [0.05, 0.1) is 11.3 Å². The zero-order chi connectivity index (χ0) is 18.0. The number of hydrogen-bond donors (Lipinski definition) is 3. The predicted octanol–water partition coefficient (Wildman–Crippen LogP) is 2.67. The van der Waals surface area contributed by atoms with Gasteiger partial charge >= 0.3 is 6.03 Å². The normalized spacial score (nSPS) is 20.0. The number of aromatic amines is 1. The largest absolute Gasteiger partial charge is 0.378 e. The van der Waals surface area contributed by atoms with Crippen LogP contribution in [0.4, 0.5) is 10.5 Å². The first-order valence-corrected chi connectivity index (χ1v) is 8.71. The van der Waals surface area contributed by atoms with Crippen molar-refractivity contribution in [2.45, 2.75) is 39.3 Å². The minimum Gasteiger partial charge on any atom is -0.378 e. The number of rotatable bonds is 4. The summed E-state index contributed by atoms with van der Waals surface area (Å²) in [6.07, 6.45) is 4.37. The highest BCUT2D eigenvalue weighted by molar-refractivity contribution is 5.92. The Balaban J connectivity index is 1.84. The summed E-state index contributed by atoms with van der Waals surface area (Å²) >= 11 is 0. The number of anilines is 1. The number of nitrogens with one attached hydrogen (secondary N) is 3. The van der Waals surface area contributed by atoms with Gasteiger partial charge in [-0.1, -0.05) is 6.92 Å². The molecule has 0 spiro atoms. The second-order valence-electron chi connectivity index (χ2n) is 6.83. The van der Waals surface area contributed by atoms with Crippen molar-refractivity contribution in [3.63, 3.8) is 0 Å². The van der Waals surface area contributed by atoms with E-state index < -0.39 is 0 Å². The maximum atomic E-state index is 12.3. The molecule has 1 fully saturated rings. The molecular weight excluding hydrogens is 316 g/mol. The Morgan fingerprint density at radius 1 is 1.52 bits per heavy atom. The van der Waals surface area contributed by atoms with E-state index in [-0.39, 0.29) is 18.1 Å². The van der Waals surface area contributed by atoms with E-state index in [1.807, 2.05) is 31.0 Å². The van der Waals surface area contributed by atoms with Gasteiger partial charge in [0.2, 0.25) is 0 Å². The number of urea groups is 1. The molecule has 2 aromatic rings. The second kappa shape index (κ2) is 7.01. The van der Waals surface area contributed by atoms with Crippen LogP contribution in [0.2, 0.25) is 0 Å². The van der Waals surface area contributed by atoms with Gasteiger partial charge in [0.25, 0.3) is 0 Å². The summed E-state index contributed by atoms with van der Waals surface area (Å²) in [5.74, 6) is 0.339. The third-order valence-corrected chi connectivity index (χ3v) is 4.70. The molecule has 1 aliphatic heterocycles. The molecular formula is C18H24N6O. The molecule has 2 amide bonds. The standard InChI is InChI=1S/C18H24N6O/c1-4-12-9-24(18(25)22-11(2)3)10-15(12)23-16-13(7-19)8-21-17-14(16)5-6-20-17/h5-6,8,11-12,15H,4,9-10H2,1-3H3,(H,22,25)(H2,20,21,23)/t12-,15+/m0/s1. The SMILES string of the molecule is CC[C@H]1CN(C(=O)NC(C)C)C[C@H]1Nc1c(C#N)cnc2[nH]ccc12. The van der Waals surface area contributed by atoms with E-state index >= 15 is 0 Å². The van der Waals surface area contributed by atoms with Crippen LogP contribution in [0.25, 0.3) is 11.0 Å². The number of nitriles is 1. The number of carbonyl (C=O) groups excluding carboxylic acids is 1. The van der Waals surface area contributed by atoms with E-state index in [9.17, 15) is 10.1 Å². The molecule has 0 radical (unpaired) electrons. The molecule has 0 saturated carbocycles. The lowest BCUT2D eigenvalue weighted by molar-refractivity contribution is 0.204. The molecule has 7 nitrogen and oxygen atoms in total. The van der Waals surface area contributed by atoms with Gasteiger partial charge in [-0.05, 0) is 32.3 Å². The molecule has 132 valence electrons. The number of nitrogens with zero attached hydrogens (tertiary/aromatic N) is 3. The summed E-state index contributed by atoms with van der Waals surface area (Å²) in [4.78, 5) is 21.5. The molecule has 3 N–H and O–H groups in total. The van der Waals surface area contributed by atoms with Crippen LogP contribution in [-0.4, -0.2) is 46.1 Å². The van der Waals surface area contributed by atoms with Crippen molar-refractivity contribution in [3.05, 3.63) is 24.0 Å². The van der Waals surface area contributed by atoms with Crippen LogP contribution in [0, 0.1) is 17.2 Å². The first-order valence-electron chi connectivity index (χ1n) is 8.71. The van der Waals surface area contributed by atoms with Crippen molar-refractivity contribution in [1.82, 2.24) is 20.2 Å². The van der Waals surface area contributed by atoms with E-state index in [2.05, 4.69) is 33.6 Å². The number of likely N-dealkylation sites (tertiary alicyclic amines) is 1. The van der Waals surface area contributed by atoms with Crippen molar-refractivity contribution < 1.29 is 4.79 Å². The van der Waals surface area contributed by atoms with E-state index in [4.69, 9.17) is 0 Å². The number of fused-ring (bicyclic) bond motifs is 1. The first kappa shape index (κ1) is 17.1. The molecule has 0 aliphatic carbocycles. The molecule has 0 unspecified atom stereocenters. The summed E-state index contributed by atoms with van der Waals surface area (Å²) in [5, 5.41) is 16.8. The number of hydrogen-bond acceptors (Lipinski definition) is 4. The van der Waals surface area contributed by atoms with Crippen LogP contribution in [0.15, 0.2) is 18.5 Å².